The first-order valence-corrected chi connectivity index (χ1v) is 12.5. The summed E-state index contributed by atoms with van der Waals surface area (Å²) in [5.74, 6) is 0.226. The molecule has 0 aliphatic heterocycles. The number of ether oxygens (including phenoxy) is 3. The third-order valence-corrected chi connectivity index (χ3v) is 6.21. The van der Waals surface area contributed by atoms with E-state index >= 15 is 0 Å². The second kappa shape index (κ2) is 12.4. The Labute approximate surface area is 227 Å². The molecule has 1 amide bonds. The first kappa shape index (κ1) is 26.2. The summed E-state index contributed by atoms with van der Waals surface area (Å²) in [5, 5.41) is 6.56. The Morgan fingerprint density at radius 1 is 0.946 bits per heavy atom. The molecule has 188 valence electrons. The van der Waals surface area contributed by atoms with Gasteiger partial charge in [0, 0.05) is 5.02 Å². The van der Waals surface area contributed by atoms with Crippen molar-refractivity contribution in [3.63, 3.8) is 0 Å². The largest absolute Gasteiger partial charge is 0.490 e. The van der Waals surface area contributed by atoms with Gasteiger partial charge in [-0.2, -0.15) is 5.10 Å². The van der Waals surface area contributed by atoms with Gasteiger partial charge in [0.05, 0.1) is 22.9 Å². The number of hydrogen-bond acceptors (Lipinski definition) is 6. The highest BCUT2D eigenvalue weighted by Gasteiger charge is 2.13. The summed E-state index contributed by atoms with van der Waals surface area (Å²) < 4.78 is 17.5. The van der Waals surface area contributed by atoms with Crippen LogP contribution >= 0.6 is 27.5 Å². The molecule has 0 aliphatic carbocycles. The number of fused-ring (bicyclic) bond motifs is 1. The van der Waals surface area contributed by atoms with Crippen LogP contribution in [0.25, 0.3) is 10.8 Å². The van der Waals surface area contributed by atoms with Crippen LogP contribution in [0.2, 0.25) is 5.02 Å². The van der Waals surface area contributed by atoms with Gasteiger partial charge in [-0.3, -0.25) is 4.79 Å². The van der Waals surface area contributed by atoms with Crippen LogP contribution in [0.15, 0.2) is 88.4 Å². The van der Waals surface area contributed by atoms with E-state index in [1.54, 1.807) is 48.5 Å². The van der Waals surface area contributed by atoms with Crippen LogP contribution in [-0.4, -0.2) is 31.3 Å². The van der Waals surface area contributed by atoms with E-state index in [0.717, 1.165) is 15.2 Å². The Morgan fingerprint density at radius 3 is 2.49 bits per heavy atom. The fourth-order valence-electron chi connectivity index (χ4n) is 3.38. The Balaban J connectivity index is 1.35. The molecule has 37 heavy (non-hydrogen) atoms. The molecule has 9 heteroatoms. The van der Waals surface area contributed by atoms with Gasteiger partial charge in [0.2, 0.25) is 0 Å². The minimum absolute atomic E-state index is 0.210. The third kappa shape index (κ3) is 6.87. The first-order chi connectivity index (χ1) is 17.9. The maximum Gasteiger partial charge on any atom is 0.343 e. The van der Waals surface area contributed by atoms with Crippen LogP contribution in [0.1, 0.15) is 22.8 Å². The van der Waals surface area contributed by atoms with Crippen molar-refractivity contribution in [3.05, 3.63) is 99.5 Å². The highest BCUT2D eigenvalue weighted by atomic mass is 79.9. The standard InChI is InChI=1S/C28H22BrClN2O5/c1-2-35-25-15-18(7-13-23(25)37-28(34)20-8-11-21(30)12-9-20)16-31-32-26(33)17-36-24-14-10-19-5-3-4-6-22(19)27(24)29/h3-16H,2,17H2,1H3,(H,32,33)/b31-16+. The topological polar surface area (TPSA) is 86.2 Å². The van der Waals surface area contributed by atoms with Gasteiger partial charge in [0.25, 0.3) is 5.91 Å². The molecule has 0 saturated heterocycles. The number of nitrogens with zero attached hydrogens (tertiary/aromatic N) is 1. The molecule has 0 fully saturated rings. The summed E-state index contributed by atoms with van der Waals surface area (Å²) in [5.41, 5.74) is 3.43. The van der Waals surface area contributed by atoms with Crippen LogP contribution in [0.4, 0.5) is 0 Å². The van der Waals surface area contributed by atoms with Gasteiger partial charge in [-0.05, 0) is 87.7 Å². The molecular weight excluding hydrogens is 560 g/mol. The van der Waals surface area contributed by atoms with E-state index in [9.17, 15) is 9.59 Å². The van der Waals surface area contributed by atoms with Crippen molar-refractivity contribution in [1.29, 1.82) is 0 Å². The van der Waals surface area contributed by atoms with Crippen LogP contribution in [-0.2, 0) is 4.79 Å². The highest BCUT2D eigenvalue weighted by molar-refractivity contribution is 9.10. The number of carbonyl (C=O) groups is 2. The molecule has 0 aromatic heterocycles. The van der Waals surface area contributed by atoms with Crippen molar-refractivity contribution < 1.29 is 23.8 Å². The molecule has 0 bridgehead atoms. The van der Waals surface area contributed by atoms with Crippen LogP contribution in [0, 0.1) is 0 Å². The molecule has 0 heterocycles. The number of benzene rings is 4. The van der Waals surface area contributed by atoms with Crippen molar-refractivity contribution in [2.24, 2.45) is 5.10 Å². The predicted octanol–water partition coefficient (Wildman–Crippen LogP) is 6.40. The van der Waals surface area contributed by atoms with Crippen molar-refractivity contribution in [2.75, 3.05) is 13.2 Å². The Kier molecular flexibility index (Phi) is 8.77. The Morgan fingerprint density at radius 2 is 1.70 bits per heavy atom. The highest BCUT2D eigenvalue weighted by Crippen LogP contribution is 2.33. The molecule has 4 aromatic carbocycles. The third-order valence-electron chi connectivity index (χ3n) is 5.14. The molecule has 1 N–H and O–H groups in total. The molecule has 7 nitrogen and oxygen atoms in total. The smallest absolute Gasteiger partial charge is 0.343 e. The van der Waals surface area contributed by atoms with E-state index in [2.05, 4.69) is 26.5 Å². The summed E-state index contributed by atoms with van der Waals surface area (Å²) in [4.78, 5) is 24.7. The normalized spacial score (nSPS) is 10.9. The molecule has 0 radical (unpaired) electrons. The van der Waals surface area contributed by atoms with Gasteiger partial charge < -0.3 is 14.2 Å². The summed E-state index contributed by atoms with van der Waals surface area (Å²) in [6.07, 6.45) is 1.46. The van der Waals surface area contributed by atoms with E-state index in [1.165, 1.54) is 6.21 Å². The number of nitrogens with one attached hydrogen (secondary N) is 1. The summed E-state index contributed by atoms with van der Waals surface area (Å²) >= 11 is 9.41. The molecular formula is C28H22BrClN2O5. The second-order valence-electron chi connectivity index (χ2n) is 7.72. The second-order valence-corrected chi connectivity index (χ2v) is 8.95. The van der Waals surface area contributed by atoms with Crippen LogP contribution in [0.5, 0.6) is 17.2 Å². The fourth-order valence-corrected chi connectivity index (χ4v) is 4.12. The number of esters is 1. The predicted molar refractivity (Wildman–Crippen MR) is 147 cm³/mol. The summed E-state index contributed by atoms with van der Waals surface area (Å²) in [6, 6.07) is 22.9. The lowest BCUT2D eigenvalue weighted by atomic mass is 10.1. The number of rotatable bonds is 9. The van der Waals surface area contributed by atoms with E-state index in [0.29, 0.717) is 34.3 Å². The van der Waals surface area contributed by atoms with Crippen molar-refractivity contribution in [3.8, 4) is 17.2 Å². The molecule has 0 aliphatic rings. The maximum absolute atomic E-state index is 12.5. The van der Waals surface area contributed by atoms with Gasteiger partial charge >= 0.3 is 5.97 Å². The number of hydrazone groups is 1. The molecule has 0 spiro atoms. The van der Waals surface area contributed by atoms with E-state index < -0.39 is 11.9 Å². The van der Waals surface area contributed by atoms with E-state index in [1.807, 2.05) is 37.3 Å². The number of amides is 1. The Hall–Kier alpha value is -3.88. The van der Waals surface area contributed by atoms with E-state index in [-0.39, 0.29) is 12.4 Å². The fraction of sp³-hybridized carbons (Fsp3) is 0.107. The minimum Gasteiger partial charge on any atom is -0.490 e. The van der Waals surface area contributed by atoms with Crippen molar-refractivity contribution >= 4 is 56.4 Å². The zero-order valence-corrected chi connectivity index (χ0v) is 22.1. The van der Waals surface area contributed by atoms with Crippen molar-refractivity contribution in [2.45, 2.75) is 6.92 Å². The van der Waals surface area contributed by atoms with E-state index in [4.69, 9.17) is 25.8 Å². The SMILES string of the molecule is CCOc1cc(/C=N/NC(=O)COc2ccc3ccccc3c2Br)ccc1OC(=O)c1ccc(Cl)cc1. The number of halogens is 2. The maximum atomic E-state index is 12.5. The Bertz CT molecular complexity index is 1460. The average molecular weight is 582 g/mol. The van der Waals surface area contributed by atoms with Gasteiger partial charge in [0.15, 0.2) is 18.1 Å². The lowest BCUT2D eigenvalue weighted by Crippen LogP contribution is -2.24. The lowest BCUT2D eigenvalue weighted by molar-refractivity contribution is -0.123. The zero-order valence-electron chi connectivity index (χ0n) is 19.7. The quantitative estimate of drug-likeness (QED) is 0.107. The monoisotopic (exact) mass is 580 g/mol. The lowest BCUT2D eigenvalue weighted by Gasteiger charge is -2.11. The molecule has 0 unspecified atom stereocenters. The van der Waals surface area contributed by atoms with Gasteiger partial charge in [0.1, 0.15) is 5.75 Å². The van der Waals surface area contributed by atoms with Gasteiger partial charge in [-0.1, -0.05) is 41.9 Å². The van der Waals surface area contributed by atoms with Crippen LogP contribution in [0.3, 0.4) is 0 Å². The summed E-state index contributed by atoms with van der Waals surface area (Å²) in [7, 11) is 0. The molecule has 0 saturated carbocycles. The zero-order chi connectivity index (χ0) is 26.2. The van der Waals surface area contributed by atoms with Gasteiger partial charge in [-0.15, -0.1) is 0 Å². The van der Waals surface area contributed by atoms with Crippen molar-refractivity contribution in [1.82, 2.24) is 5.43 Å². The summed E-state index contributed by atoms with van der Waals surface area (Å²) in [6.45, 7) is 1.97. The molecule has 4 rings (SSSR count). The number of hydrogen-bond donors (Lipinski definition) is 1. The van der Waals surface area contributed by atoms with Gasteiger partial charge in [-0.25, -0.2) is 10.2 Å². The molecule has 4 aromatic rings. The minimum atomic E-state index is -0.538. The van der Waals surface area contributed by atoms with Crippen LogP contribution < -0.4 is 19.6 Å². The number of carbonyl (C=O) groups excluding carboxylic acids is 2. The first-order valence-electron chi connectivity index (χ1n) is 11.3. The average Bonchev–Trinajstić information content (AvgIpc) is 2.90. The molecule has 0 atom stereocenters.